The van der Waals surface area contributed by atoms with E-state index in [0.29, 0.717) is 12.3 Å². The highest BCUT2D eigenvalue weighted by Gasteiger charge is 2.30. The number of nitrogens with one attached hydrogen (secondary N) is 1. The van der Waals surface area contributed by atoms with Crippen molar-refractivity contribution in [2.45, 2.75) is 74.6 Å². The van der Waals surface area contributed by atoms with Gasteiger partial charge in [-0.3, -0.25) is 0 Å². The number of carbonyl (C=O) groups is 1. The van der Waals surface area contributed by atoms with Gasteiger partial charge in [0.1, 0.15) is 12.4 Å². The molecule has 0 unspecified atom stereocenters. The summed E-state index contributed by atoms with van der Waals surface area (Å²) in [7, 11) is 0. The normalized spacial score (nSPS) is 18.6. The van der Waals surface area contributed by atoms with E-state index in [4.69, 9.17) is 9.15 Å². The van der Waals surface area contributed by atoms with E-state index in [1.54, 1.807) is 23.1 Å². The van der Waals surface area contributed by atoms with Gasteiger partial charge in [-0.05, 0) is 25.3 Å². The van der Waals surface area contributed by atoms with Crippen LogP contribution in [0.3, 0.4) is 0 Å². The number of amides is 1. The average Bonchev–Trinajstić information content (AvgIpc) is 3.47. The second kappa shape index (κ2) is 10.8. The van der Waals surface area contributed by atoms with Crippen molar-refractivity contribution in [2.24, 2.45) is 0 Å². The number of piperidine rings is 1. The van der Waals surface area contributed by atoms with E-state index in [1.807, 2.05) is 47.6 Å². The molecule has 34 heavy (non-hydrogen) atoms. The minimum Gasteiger partial charge on any atom is -0.445 e. The lowest BCUT2D eigenvalue weighted by Gasteiger charge is -2.37. The van der Waals surface area contributed by atoms with E-state index in [2.05, 4.69) is 43.0 Å². The van der Waals surface area contributed by atoms with Gasteiger partial charge in [0.05, 0.1) is 22.4 Å². The molecule has 4 rings (SSSR count). The zero-order chi connectivity index (χ0) is 24.1. The number of thioether (sulfide) groups is 1. The summed E-state index contributed by atoms with van der Waals surface area (Å²) in [6, 6.07) is 10.1. The van der Waals surface area contributed by atoms with Gasteiger partial charge in [-0.25, -0.2) is 14.8 Å². The molecular weight excluding hydrogens is 468 g/mol. The van der Waals surface area contributed by atoms with Gasteiger partial charge < -0.3 is 19.4 Å². The Labute approximate surface area is 209 Å². The molecule has 2 aromatic heterocycles. The van der Waals surface area contributed by atoms with Crippen molar-refractivity contribution in [3.8, 4) is 0 Å². The molecule has 0 bridgehead atoms. The summed E-state index contributed by atoms with van der Waals surface area (Å²) in [6.45, 7) is 9.30. The number of hydrogen-bond acceptors (Lipinski definition) is 8. The first-order valence-electron chi connectivity index (χ1n) is 11.6. The van der Waals surface area contributed by atoms with Crippen molar-refractivity contribution >= 4 is 34.3 Å². The molecule has 182 valence electrons. The molecule has 2 atom stereocenters. The lowest BCUT2D eigenvalue weighted by Crippen LogP contribution is -2.49. The molecule has 1 amide bonds. The highest BCUT2D eigenvalue weighted by atomic mass is 32.2. The van der Waals surface area contributed by atoms with Crippen LogP contribution in [0.1, 0.15) is 57.8 Å². The maximum atomic E-state index is 12.7. The quantitative estimate of drug-likeness (QED) is 0.380. The Balaban J connectivity index is 1.27. The number of ether oxygens (including phenoxy) is 1. The zero-order valence-electron chi connectivity index (χ0n) is 20.1. The van der Waals surface area contributed by atoms with Crippen molar-refractivity contribution in [3.05, 3.63) is 59.9 Å². The molecule has 0 saturated carbocycles. The highest BCUT2D eigenvalue weighted by molar-refractivity contribution is 8.00. The Morgan fingerprint density at radius 2 is 2.03 bits per heavy atom. The topological polar surface area (TPSA) is 80.5 Å². The molecule has 1 fully saturated rings. The summed E-state index contributed by atoms with van der Waals surface area (Å²) in [6.07, 6.45) is 5.33. The Hall–Kier alpha value is -2.52. The number of rotatable bonds is 7. The summed E-state index contributed by atoms with van der Waals surface area (Å²) in [5, 5.41) is 4.37. The fraction of sp³-hybridized carbons (Fsp3) is 0.480. The van der Waals surface area contributed by atoms with Gasteiger partial charge in [-0.1, -0.05) is 62.4 Å². The second-order valence-corrected chi connectivity index (χ2v) is 11.9. The SMILES string of the molecule is C[C@H]1CC[C@@H](Nc2ncc(SCc3ncc(C(C)(C)C)o3)s2)CN1C(=O)OCc1ccccc1. The molecule has 0 aliphatic carbocycles. The number of carbonyl (C=O) groups excluding carboxylic acids is 1. The number of likely N-dealkylation sites (tertiary alicyclic amines) is 1. The van der Waals surface area contributed by atoms with Gasteiger partial charge >= 0.3 is 6.09 Å². The molecule has 1 aliphatic heterocycles. The zero-order valence-corrected chi connectivity index (χ0v) is 21.7. The van der Waals surface area contributed by atoms with Crippen LogP contribution >= 0.6 is 23.1 Å². The summed E-state index contributed by atoms with van der Waals surface area (Å²) in [5.74, 6) is 2.29. The lowest BCUT2D eigenvalue weighted by molar-refractivity contribution is 0.0696. The van der Waals surface area contributed by atoms with Crippen LogP contribution in [0, 0.1) is 0 Å². The summed E-state index contributed by atoms with van der Waals surface area (Å²) < 4.78 is 12.5. The molecule has 1 aliphatic rings. The van der Waals surface area contributed by atoms with Crippen molar-refractivity contribution in [2.75, 3.05) is 11.9 Å². The number of hydrogen-bond donors (Lipinski definition) is 1. The summed E-state index contributed by atoms with van der Waals surface area (Å²) >= 11 is 3.28. The third-order valence-corrected chi connectivity index (χ3v) is 7.87. The van der Waals surface area contributed by atoms with Crippen LogP contribution in [0.4, 0.5) is 9.93 Å². The molecule has 0 spiro atoms. The van der Waals surface area contributed by atoms with E-state index in [9.17, 15) is 4.79 Å². The highest BCUT2D eigenvalue weighted by Crippen LogP contribution is 2.33. The van der Waals surface area contributed by atoms with Crippen LogP contribution in [0.15, 0.2) is 51.4 Å². The third-order valence-electron chi connectivity index (χ3n) is 5.76. The minimum atomic E-state index is -0.265. The summed E-state index contributed by atoms with van der Waals surface area (Å²) in [5.41, 5.74) is 0.944. The van der Waals surface area contributed by atoms with Crippen LogP contribution in [0.2, 0.25) is 0 Å². The van der Waals surface area contributed by atoms with E-state index in [0.717, 1.165) is 39.4 Å². The van der Waals surface area contributed by atoms with Gasteiger partial charge in [-0.2, -0.15) is 0 Å². The monoisotopic (exact) mass is 500 g/mol. The number of benzene rings is 1. The number of nitrogens with zero attached hydrogens (tertiary/aromatic N) is 3. The largest absolute Gasteiger partial charge is 0.445 e. The maximum Gasteiger partial charge on any atom is 0.410 e. The van der Waals surface area contributed by atoms with E-state index in [1.165, 1.54) is 0 Å². The Bertz CT molecular complexity index is 1080. The van der Waals surface area contributed by atoms with Crippen molar-refractivity contribution < 1.29 is 13.9 Å². The van der Waals surface area contributed by atoms with Gasteiger partial charge in [0, 0.05) is 24.0 Å². The predicted octanol–water partition coefficient (Wildman–Crippen LogP) is 6.32. The van der Waals surface area contributed by atoms with Crippen LogP contribution in [0.25, 0.3) is 0 Å². The van der Waals surface area contributed by atoms with Crippen molar-refractivity contribution in [3.63, 3.8) is 0 Å². The Morgan fingerprint density at radius 3 is 2.76 bits per heavy atom. The molecule has 1 saturated heterocycles. The van der Waals surface area contributed by atoms with Crippen LogP contribution in [0.5, 0.6) is 0 Å². The number of anilines is 1. The van der Waals surface area contributed by atoms with Gasteiger partial charge in [-0.15, -0.1) is 11.8 Å². The van der Waals surface area contributed by atoms with Crippen molar-refractivity contribution in [1.29, 1.82) is 0 Å². The van der Waals surface area contributed by atoms with Crippen molar-refractivity contribution in [1.82, 2.24) is 14.9 Å². The van der Waals surface area contributed by atoms with Gasteiger partial charge in [0.2, 0.25) is 5.89 Å². The third kappa shape index (κ3) is 6.54. The standard InChI is InChI=1S/C25H32N4O3S2/c1-17-10-11-19(14-29(17)24(30)31-15-18-8-6-5-7-9-18)28-23-27-13-22(34-23)33-16-21-26-12-20(32-21)25(2,3)4/h5-9,12-13,17,19H,10-11,14-16H2,1-4H3,(H,27,28)/t17-,19+/m0/s1. The predicted molar refractivity (Wildman–Crippen MR) is 136 cm³/mol. The minimum absolute atomic E-state index is 0.0448. The Morgan fingerprint density at radius 1 is 1.24 bits per heavy atom. The molecule has 7 nitrogen and oxygen atoms in total. The van der Waals surface area contributed by atoms with Crippen LogP contribution in [-0.4, -0.2) is 39.6 Å². The summed E-state index contributed by atoms with van der Waals surface area (Å²) in [4.78, 5) is 23.5. The molecule has 3 heterocycles. The van der Waals surface area contributed by atoms with E-state index < -0.39 is 0 Å². The van der Waals surface area contributed by atoms with Crippen LogP contribution < -0.4 is 5.32 Å². The van der Waals surface area contributed by atoms with E-state index in [-0.39, 0.29) is 30.2 Å². The molecule has 3 aromatic rings. The number of thiazole rings is 1. The lowest BCUT2D eigenvalue weighted by atomic mass is 9.94. The van der Waals surface area contributed by atoms with Gasteiger partial charge in [0.25, 0.3) is 0 Å². The second-order valence-electron chi connectivity index (χ2n) is 9.60. The molecule has 1 N–H and O–H groups in total. The average molecular weight is 501 g/mol. The van der Waals surface area contributed by atoms with Crippen LogP contribution in [-0.2, 0) is 22.5 Å². The first-order valence-corrected chi connectivity index (χ1v) is 13.4. The fourth-order valence-corrected chi connectivity index (χ4v) is 5.51. The van der Waals surface area contributed by atoms with E-state index >= 15 is 0 Å². The first-order chi connectivity index (χ1) is 16.3. The number of aromatic nitrogens is 2. The Kier molecular flexibility index (Phi) is 7.83. The van der Waals surface area contributed by atoms with Gasteiger partial charge in [0.15, 0.2) is 5.13 Å². The molecule has 1 aromatic carbocycles. The molecule has 0 radical (unpaired) electrons. The smallest absolute Gasteiger partial charge is 0.410 e. The maximum absolute atomic E-state index is 12.7. The fourth-order valence-electron chi connectivity index (χ4n) is 3.71. The molecular formula is C25H32N4O3S2. The number of oxazole rings is 1. The molecule has 9 heteroatoms. The first kappa shape index (κ1) is 24.6.